The summed E-state index contributed by atoms with van der Waals surface area (Å²) >= 11 is 1.63. The molecular weight excluding hydrogens is 144 g/mol. The van der Waals surface area contributed by atoms with Gasteiger partial charge in [-0.15, -0.1) is 0 Å². The van der Waals surface area contributed by atoms with E-state index in [4.69, 9.17) is 5.73 Å². The largest absolute Gasteiger partial charge is 0.405 e. The van der Waals surface area contributed by atoms with Crippen LogP contribution in [0.5, 0.6) is 0 Å². The Hall–Kier alpha value is -1.09. The van der Waals surface area contributed by atoms with Crippen molar-refractivity contribution in [2.24, 2.45) is 10.7 Å². The summed E-state index contributed by atoms with van der Waals surface area (Å²) in [7, 11) is 0. The van der Waals surface area contributed by atoms with Crippen LogP contribution in [0, 0.1) is 0 Å². The van der Waals surface area contributed by atoms with Crippen molar-refractivity contribution in [3.63, 3.8) is 0 Å². The first-order chi connectivity index (χ1) is 4.93. The van der Waals surface area contributed by atoms with Crippen LogP contribution in [0.15, 0.2) is 34.1 Å². The van der Waals surface area contributed by atoms with E-state index in [1.54, 1.807) is 23.6 Å². The molecule has 1 heterocycles. The Morgan fingerprint density at radius 2 is 2.50 bits per heavy atom. The standard InChI is InChI=1S/C7H8N2S/c8-3-1-4-9-7-2-5-10-6-7/h1-6H,8H2/b3-1-,9-4?. The predicted molar refractivity (Wildman–Crippen MR) is 45.8 cm³/mol. The summed E-state index contributed by atoms with van der Waals surface area (Å²) in [6.07, 6.45) is 4.82. The van der Waals surface area contributed by atoms with Gasteiger partial charge in [-0.1, -0.05) is 0 Å². The minimum atomic E-state index is 0.975. The topological polar surface area (TPSA) is 38.4 Å². The molecule has 0 saturated carbocycles. The van der Waals surface area contributed by atoms with Crippen LogP contribution >= 0.6 is 11.3 Å². The second-order valence-corrected chi connectivity index (χ2v) is 2.42. The Morgan fingerprint density at radius 1 is 1.60 bits per heavy atom. The Labute approximate surface area is 63.7 Å². The van der Waals surface area contributed by atoms with Crippen LogP contribution in [-0.2, 0) is 0 Å². The van der Waals surface area contributed by atoms with E-state index in [1.165, 1.54) is 6.20 Å². The van der Waals surface area contributed by atoms with Gasteiger partial charge < -0.3 is 5.73 Å². The third-order valence-electron chi connectivity index (χ3n) is 0.927. The van der Waals surface area contributed by atoms with Crippen LogP contribution in [0.3, 0.4) is 0 Å². The van der Waals surface area contributed by atoms with Crippen LogP contribution in [0.4, 0.5) is 5.69 Å². The summed E-state index contributed by atoms with van der Waals surface area (Å²) in [4.78, 5) is 4.07. The second kappa shape index (κ2) is 3.85. The molecule has 2 N–H and O–H groups in total. The van der Waals surface area contributed by atoms with Crippen LogP contribution in [0.1, 0.15) is 0 Å². The molecule has 0 unspecified atom stereocenters. The summed E-state index contributed by atoms with van der Waals surface area (Å²) in [5, 5.41) is 3.96. The molecule has 0 saturated heterocycles. The van der Waals surface area contributed by atoms with Gasteiger partial charge in [-0.05, 0) is 23.7 Å². The molecule has 0 bridgehead atoms. The average Bonchev–Trinajstić information content (AvgIpc) is 2.41. The lowest BCUT2D eigenvalue weighted by molar-refractivity contribution is 1.59. The number of allylic oxidation sites excluding steroid dienone is 1. The van der Waals surface area contributed by atoms with Gasteiger partial charge in [0.15, 0.2) is 0 Å². The minimum Gasteiger partial charge on any atom is -0.405 e. The maximum Gasteiger partial charge on any atom is 0.0736 e. The number of hydrogen-bond donors (Lipinski definition) is 1. The number of nitrogens with zero attached hydrogens (tertiary/aromatic N) is 1. The van der Waals surface area contributed by atoms with Gasteiger partial charge in [0.05, 0.1) is 5.69 Å². The molecule has 0 fully saturated rings. The lowest BCUT2D eigenvalue weighted by atomic mass is 10.5. The molecule has 52 valence electrons. The first kappa shape index (κ1) is 7.02. The predicted octanol–water partition coefficient (Wildman–Crippen LogP) is 1.92. The van der Waals surface area contributed by atoms with Crippen molar-refractivity contribution in [2.45, 2.75) is 0 Å². The van der Waals surface area contributed by atoms with Gasteiger partial charge in [0, 0.05) is 11.6 Å². The molecule has 2 nitrogen and oxygen atoms in total. The zero-order chi connectivity index (χ0) is 7.23. The SMILES string of the molecule is N/C=C\C=Nc1ccsc1. The average molecular weight is 152 g/mol. The first-order valence-electron chi connectivity index (χ1n) is 2.86. The normalized spacial score (nSPS) is 11.6. The van der Waals surface area contributed by atoms with Gasteiger partial charge in [0.1, 0.15) is 0 Å². The third-order valence-corrected chi connectivity index (χ3v) is 1.60. The summed E-state index contributed by atoms with van der Waals surface area (Å²) < 4.78 is 0. The minimum absolute atomic E-state index is 0.975. The van der Waals surface area contributed by atoms with Gasteiger partial charge in [0.2, 0.25) is 0 Å². The van der Waals surface area contributed by atoms with E-state index in [0.29, 0.717) is 0 Å². The molecule has 0 spiro atoms. The van der Waals surface area contributed by atoms with E-state index >= 15 is 0 Å². The first-order valence-corrected chi connectivity index (χ1v) is 3.81. The number of rotatable bonds is 2. The molecule has 0 aliphatic heterocycles. The van der Waals surface area contributed by atoms with Crippen LogP contribution in [0.2, 0.25) is 0 Å². The number of thiophene rings is 1. The van der Waals surface area contributed by atoms with Gasteiger partial charge in [-0.25, -0.2) is 0 Å². The summed E-state index contributed by atoms with van der Waals surface area (Å²) in [5.74, 6) is 0. The number of hydrogen-bond acceptors (Lipinski definition) is 3. The molecule has 1 aromatic heterocycles. The Balaban J connectivity index is 2.55. The Bertz CT molecular complexity index is 224. The van der Waals surface area contributed by atoms with Gasteiger partial charge >= 0.3 is 0 Å². The van der Waals surface area contributed by atoms with E-state index in [0.717, 1.165) is 5.69 Å². The van der Waals surface area contributed by atoms with Crippen molar-refractivity contribution < 1.29 is 0 Å². The molecule has 0 radical (unpaired) electrons. The van der Waals surface area contributed by atoms with Gasteiger partial charge in [-0.3, -0.25) is 4.99 Å². The molecule has 0 aliphatic rings. The monoisotopic (exact) mass is 152 g/mol. The molecule has 10 heavy (non-hydrogen) atoms. The maximum atomic E-state index is 5.10. The van der Waals surface area contributed by atoms with Crippen molar-refractivity contribution in [3.05, 3.63) is 29.1 Å². The Kier molecular flexibility index (Phi) is 2.70. The summed E-state index contributed by atoms with van der Waals surface area (Å²) in [6, 6.07) is 1.95. The molecule has 0 aliphatic carbocycles. The third kappa shape index (κ3) is 2.03. The molecular formula is C7H8N2S. The van der Waals surface area contributed by atoms with Crippen molar-refractivity contribution in [1.82, 2.24) is 0 Å². The lowest BCUT2D eigenvalue weighted by Gasteiger charge is -1.78. The number of nitrogens with two attached hydrogens (primary N) is 1. The van der Waals surface area contributed by atoms with E-state index in [9.17, 15) is 0 Å². The fourth-order valence-corrected chi connectivity index (χ4v) is 1.08. The van der Waals surface area contributed by atoms with Gasteiger partial charge in [-0.2, -0.15) is 11.3 Å². The van der Waals surface area contributed by atoms with E-state index in [1.807, 2.05) is 16.8 Å². The molecule has 0 atom stereocenters. The summed E-state index contributed by atoms with van der Waals surface area (Å²) in [6.45, 7) is 0. The van der Waals surface area contributed by atoms with Crippen molar-refractivity contribution in [3.8, 4) is 0 Å². The highest BCUT2D eigenvalue weighted by Gasteiger charge is 1.82. The van der Waals surface area contributed by atoms with Crippen LogP contribution in [-0.4, -0.2) is 6.21 Å². The van der Waals surface area contributed by atoms with Crippen molar-refractivity contribution >= 4 is 23.2 Å². The fraction of sp³-hybridized carbons (Fsp3) is 0. The Morgan fingerprint density at radius 3 is 3.10 bits per heavy atom. The highest BCUT2D eigenvalue weighted by Crippen LogP contribution is 2.14. The highest BCUT2D eigenvalue weighted by atomic mass is 32.1. The van der Waals surface area contributed by atoms with E-state index in [-0.39, 0.29) is 0 Å². The molecule has 0 aromatic carbocycles. The second-order valence-electron chi connectivity index (χ2n) is 1.64. The molecule has 3 heteroatoms. The smallest absolute Gasteiger partial charge is 0.0736 e. The van der Waals surface area contributed by atoms with Crippen molar-refractivity contribution in [1.29, 1.82) is 0 Å². The van der Waals surface area contributed by atoms with E-state index in [2.05, 4.69) is 4.99 Å². The zero-order valence-electron chi connectivity index (χ0n) is 5.40. The van der Waals surface area contributed by atoms with Gasteiger partial charge in [0.25, 0.3) is 0 Å². The molecule has 1 rings (SSSR count). The zero-order valence-corrected chi connectivity index (χ0v) is 6.21. The molecule has 0 amide bonds. The van der Waals surface area contributed by atoms with Crippen LogP contribution in [0.25, 0.3) is 0 Å². The maximum absolute atomic E-state index is 5.10. The fourth-order valence-electron chi connectivity index (χ4n) is 0.510. The van der Waals surface area contributed by atoms with Crippen molar-refractivity contribution in [2.75, 3.05) is 0 Å². The quantitative estimate of drug-likeness (QED) is 0.646. The lowest BCUT2D eigenvalue weighted by Crippen LogP contribution is -1.74. The molecule has 1 aromatic rings. The van der Waals surface area contributed by atoms with Crippen LogP contribution < -0.4 is 5.73 Å². The number of aliphatic imine (C=N–C) groups is 1. The summed E-state index contributed by atoms with van der Waals surface area (Å²) in [5.41, 5.74) is 6.07. The van der Waals surface area contributed by atoms with E-state index < -0.39 is 0 Å². The highest BCUT2D eigenvalue weighted by molar-refractivity contribution is 7.08.